The zero-order valence-corrected chi connectivity index (χ0v) is 45.6. The quantitative estimate of drug-likeness (QED) is 0.258. The van der Waals surface area contributed by atoms with E-state index in [0.717, 1.165) is 49.7 Å². The summed E-state index contributed by atoms with van der Waals surface area (Å²) in [5.74, 6) is -2.55. The Balaban J connectivity index is 0.664. The van der Waals surface area contributed by atoms with Crippen molar-refractivity contribution in [2.24, 2.45) is 29.4 Å². The van der Waals surface area contributed by atoms with Gasteiger partial charge in [-0.3, -0.25) is 4.79 Å². The number of esters is 1. The van der Waals surface area contributed by atoms with Gasteiger partial charge in [-0.25, -0.2) is 0 Å². The van der Waals surface area contributed by atoms with Crippen LogP contribution in [-0.2, 0) is 75.8 Å². The van der Waals surface area contributed by atoms with Gasteiger partial charge in [0.05, 0.1) is 116 Å². The maximum atomic E-state index is 14.6. The van der Waals surface area contributed by atoms with E-state index < -0.39 is 47.9 Å². The molecule has 16 aliphatic heterocycles. The fourth-order valence-electron chi connectivity index (χ4n) is 18.0. The summed E-state index contributed by atoms with van der Waals surface area (Å²) in [6.07, 6.45) is 4.94. The first-order valence-corrected chi connectivity index (χ1v) is 30.3. The summed E-state index contributed by atoms with van der Waals surface area (Å²) >= 11 is 0. The van der Waals surface area contributed by atoms with Gasteiger partial charge >= 0.3 is 5.97 Å². The van der Waals surface area contributed by atoms with Crippen LogP contribution < -0.4 is 5.73 Å². The van der Waals surface area contributed by atoms with Gasteiger partial charge in [-0.1, -0.05) is 40.9 Å². The van der Waals surface area contributed by atoms with Gasteiger partial charge in [0.2, 0.25) is 0 Å². The highest BCUT2D eigenvalue weighted by molar-refractivity contribution is 5.70. The topological polar surface area (TPSA) is 202 Å². The number of hydrogen-bond donors (Lipinski definition) is 2. The molecule has 0 unspecified atom stereocenters. The Morgan fingerprint density at radius 2 is 1.18 bits per heavy atom. The van der Waals surface area contributed by atoms with Crippen molar-refractivity contribution in [3.63, 3.8) is 0 Å². The highest BCUT2D eigenvalue weighted by Gasteiger charge is 2.70. The van der Waals surface area contributed by atoms with Gasteiger partial charge in [0.25, 0.3) is 0 Å². The molecule has 16 rings (SSSR count). The summed E-state index contributed by atoms with van der Waals surface area (Å²) in [5.41, 5.74) is 8.04. The maximum absolute atomic E-state index is 14.6. The first-order chi connectivity index (χ1) is 37.1. The smallest absolute Gasteiger partial charge is 0.308 e. The lowest BCUT2D eigenvalue weighted by Crippen LogP contribution is -2.62. The molecule has 16 heterocycles. The lowest BCUT2D eigenvalue weighted by Gasteiger charge is -2.54. The van der Waals surface area contributed by atoms with E-state index in [9.17, 15) is 9.90 Å². The second kappa shape index (κ2) is 19.4. The van der Waals surface area contributed by atoms with E-state index in [-0.39, 0.29) is 152 Å². The predicted octanol–water partition coefficient (Wildman–Crippen LogP) is 5.53. The molecule has 0 aliphatic carbocycles. The van der Waals surface area contributed by atoms with Gasteiger partial charge in [0.1, 0.15) is 36.6 Å². The molecule has 16 fully saturated rings. The van der Waals surface area contributed by atoms with Crippen LogP contribution in [0.5, 0.6) is 0 Å². The first kappa shape index (κ1) is 52.1. The molecule has 18 heteroatoms. The Hall–Kier alpha value is -1.69. The highest BCUT2D eigenvalue weighted by Crippen LogP contribution is 2.58. The van der Waals surface area contributed by atoms with Crippen molar-refractivity contribution in [3.8, 4) is 0 Å². The Labute approximate surface area is 452 Å². The first-order valence-electron chi connectivity index (χ1n) is 30.3. The number of nitrogens with two attached hydrogens (primary N) is 1. The standard InChI is InChI=1S/C59H85NO17/c1-26-15-32-7-9-36-27(2)16-34(63-36)11-13-57-24-45-53(76-57)54-55(70-45)56(77-57)52-38(68-54)10-8-33(65-52)17-47(62)71-51-31(6)50-42(66-41(51)19-39(64-32)30(26)5)20-40-44(69-50)23-59(72-40)25-46-49(75-59)29(4)22-58(74-46)21-28(3)48-43(73-58)18-35(61)37(67-48)12-14-60/h26,28-29,31-46,48-56,61H,2,5,7-25,60H2,1,3-4,6H3/t26-,28+,29+,31+,32+,33-,34+,35-,36+,37-,38+,39-,40-,41+,42+,43+,44-,45-,46+,48+,49+,50+,51-,52+,53+,54+,55-,56+,57+,58-,59+/m1/s1. The van der Waals surface area contributed by atoms with Crippen LogP contribution in [-0.4, -0.2) is 181 Å². The maximum Gasteiger partial charge on any atom is 0.308 e. The van der Waals surface area contributed by atoms with Crippen molar-refractivity contribution in [3.05, 3.63) is 24.3 Å². The predicted molar refractivity (Wildman–Crippen MR) is 270 cm³/mol. The Morgan fingerprint density at radius 3 is 2.04 bits per heavy atom. The van der Waals surface area contributed by atoms with Crippen LogP contribution in [0.4, 0.5) is 0 Å². The molecule has 0 saturated carbocycles. The van der Waals surface area contributed by atoms with Crippen molar-refractivity contribution >= 4 is 5.97 Å². The summed E-state index contributed by atoms with van der Waals surface area (Å²) in [4.78, 5) is 14.6. The Kier molecular flexibility index (Phi) is 13.2. The molecule has 16 aliphatic rings. The molecule has 0 amide bonds. The van der Waals surface area contributed by atoms with Crippen molar-refractivity contribution in [2.75, 3.05) is 6.54 Å². The van der Waals surface area contributed by atoms with Crippen molar-refractivity contribution < 1.29 is 81.0 Å². The number of carbonyl (C=O) groups excluding carboxylic acids is 1. The van der Waals surface area contributed by atoms with Crippen LogP contribution in [0, 0.1) is 23.7 Å². The summed E-state index contributed by atoms with van der Waals surface area (Å²) in [7, 11) is 0. The molecule has 12 bridgehead atoms. The largest absolute Gasteiger partial charge is 0.459 e. The molecular formula is C59H85NO17. The summed E-state index contributed by atoms with van der Waals surface area (Å²) in [6, 6.07) is 0. The highest BCUT2D eigenvalue weighted by atomic mass is 16.8. The fraction of sp³-hybridized carbons (Fsp3) is 0.915. The minimum absolute atomic E-state index is 0.00844. The molecule has 16 saturated heterocycles. The van der Waals surface area contributed by atoms with Gasteiger partial charge < -0.3 is 81.9 Å². The molecule has 0 aromatic rings. The molecule has 77 heavy (non-hydrogen) atoms. The minimum atomic E-state index is -0.896. The third kappa shape index (κ3) is 8.95. The zero-order chi connectivity index (χ0) is 52.4. The van der Waals surface area contributed by atoms with E-state index in [4.69, 9.17) is 76.8 Å². The van der Waals surface area contributed by atoms with Crippen molar-refractivity contribution in [1.29, 1.82) is 0 Å². The number of ether oxygens (including phenoxy) is 15. The zero-order valence-electron chi connectivity index (χ0n) is 45.6. The molecule has 0 radical (unpaired) electrons. The Bertz CT molecular complexity index is 2290. The van der Waals surface area contributed by atoms with Crippen molar-refractivity contribution in [2.45, 2.75) is 307 Å². The van der Waals surface area contributed by atoms with Crippen LogP contribution in [0.1, 0.15) is 143 Å². The molecule has 31 atom stereocenters. The molecular weight excluding hydrogens is 995 g/mol. The number of rotatable bonds is 2. The average Bonchev–Trinajstić information content (AvgIpc) is 4.34. The molecule has 0 aromatic heterocycles. The normalized spacial score (nSPS) is 58.6. The second-order valence-electron chi connectivity index (χ2n) is 27.0. The molecule has 3 spiro atoms. The van der Waals surface area contributed by atoms with Gasteiger partial charge in [0, 0.05) is 63.7 Å². The summed E-state index contributed by atoms with van der Waals surface area (Å²) < 4.78 is 104. The summed E-state index contributed by atoms with van der Waals surface area (Å²) in [5, 5.41) is 11.0. The van der Waals surface area contributed by atoms with Crippen LogP contribution in [0.2, 0.25) is 0 Å². The van der Waals surface area contributed by atoms with Crippen LogP contribution in [0.25, 0.3) is 0 Å². The van der Waals surface area contributed by atoms with Crippen molar-refractivity contribution in [1.82, 2.24) is 0 Å². The van der Waals surface area contributed by atoms with E-state index in [1.807, 2.05) is 0 Å². The third-order valence-electron chi connectivity index (χ3n) is 21.7. The van der Waals surface area contributed by atoms with E-state index in [0.29, 0.717) is 77.2 Å². The minimum Gasteiger partial charge on any atom is -0.459 e. The van der Waals surface area contributed by atoms with Gasteiger partial charge in [-0.05, 0) is 86.8 Å². The molecule has 428 valence electrons. The molecule has 0 aromatic carbocycles. The number of carbonyl (C=O) groups is 1. The van der Waals surface area contributed by atoms with Gasteiger partial charge in [0.15, 0.2) is 17.4 Å². The van der Waals surface area contributed by atoms with E-state index in [2.05, 4.69) is 40.9 Å². The van der Waals surface area contributed by atoms with Crippen LogP contribution in [0.3, 0.4) is 0 Å². The molecule has 18 nitrogen and oxygen atoms in total. The SMILES string of the molecule is C=C1C[C@@H]2CC[C@@]34C[C@H]5O[C@H]6[C@@H](O3)[C@H]3O[C@H](CC[C@@H]3O[C@H]6[C@H]5O4)CC(=O)O[C@@H]3[C@@H](C)[C@@H]4O[C@@H]5C[C@]6(C[C@@H]7O[C@]8(C[C@H](C)[C@@H]9O[C@H](CCN)[C@H](O)C[C@@H]9O8)C[C@H](C)[C@@H]7O6)O[C@@H]5C[C@@H]4O[C@H]3C[C@H]3O[C@@H](CC[C@@H]1O2)C[C@@H](C)C3=C. The van der Waals surface area contributed by atoms with Gasteiger partial charge in [-0.2, -0.15) is 0 Å². The third-order valence-corrected chi connectivity index (χ3v) is 21.7. The van der Waals surface area contributed by atoms with Gasteiger partial charge in [-0.15, -0.1) is 0 Å². The number of fused-ring (bicyclic) bond motifs is 10. The van der Waals surface area contributed by atoms with Crippen LogP contribution >= 0.6 is 0 Å². The number of hydrogen-bond acceptors (Lipinski definition) is 18. The average molecular weight is 1080 g/mol. The molecule has 3 N–H and O–H groups in total. The van der Waals surface area contributed by atoms with E-state index in [1.54, 1.807) is 0 Å². The van der Waals surface area contributed by atoms with Crippen LogP contribution in [0.15, 0.2) is 24.3 Å². The monoisotopic (exact) mass is 1080 g/mol. The lowest BCUT2D eigenvalue weighted by atomic mass is 9.78. The number of aliphatic hydroxyl groups excluding tert-OH is 1. The summed E-state index contributed by atoms with van der Waals surface area (Å²) in [6.45, 7) is 18.4. The van der Waals surface area contributed by atoms with E-state index in [1.165, 1.54) is 0 Å². The lowest BCUT2D eigenvalue weighted by molar-refractivity contribution is -0.371. The number of aliphatic hydroxyl groups is 1. The van der Waals surface area contributed by atoms with E-state index >= 15 is 0 Å². The Morgan fingerprint density at radius 1 is 0.506 bits per heavy atom. The fourth-order valence-corrected chi connectivity index (χ4v) is 18.0. The second-order valence-corrected chi connectivity index (χ2v) is 27.0.